The molecule has 0 amide bonds. The molecule has 0 fully saturated rings. The normalized spacial score (nSPS) is 18.5. The van der Waals surface area contributed by atoms with E-state index in [1.54, 1.807) is 33.8 Å². The van der Waals surface area contributed by atoms with E-state index in [0.717, 1.165) is 0 Å². The molecule has 120 valence electrons. The molecule has 0 spiro atoms. The first kappa shape index (κ1) is 18.1. The fourth-order valence-corrected chi connectivity index (χ4v) is 3.50. The third kappa shape index (κ3) is 5.77. The molecule has 0 saturated heterocycles. The van der Waals surface area contributed by atoms with Gasteiger partial charge in [-0.05, 0) is 45.6 Å². The van der Waals surface area contributed by atoms with Gasteiger partial charge >= 0.3 is 7.82 Å². The van der Waals surface area contributed by atoms with Crippen molar-refractivity contribution < 1.29 is 22.9 Å². The Morgan fingerprint density at radius 2 is 1.71 bits per heavy atom. The van der Waals surface area contributed by atoms with Crippen LogP contribution in [0.1, 0.15) is 48.0 Å². The molecule has 0 bridgehead atoms. The van der Waals surface area contributed by atoms with E-state index in [4.69, 9.17) is 13.6 Å². The largest absolute Gasteiger partial charge is 0.530 e. The van der Waals surface area contributed by atoms with Gasteiger partial charge in [0.25, 0.3) is 0 Å². The predicted molar refractivity (Wildman–Crippen MR) is 81.8 cm³/mol. The van der Waals surface area contributed by atoms with Crippen molar-refractivity contribution >= 4 is 14.1 Å². The van der Waals surface area contributed by atoms with Gasteiger partial charge in [0.2, 0.25) is 0 Å². The van der Waals surface area contributed by atoms with Crippen LogP contribution >= 0.6 is 7.82 Å². The molecule has 0 unspecified atom stereocenters. The van der Waals surface area contributed by atoms with Gasteiger partial charge in [0.05, 0.1) is 17.8 Å². The molecule has 21 heavy (non-hydrogen) atoms. The van der Waals surface area contributed by atoms with Gasteiger partial charge in [-0.2, -0.15) is 0 Å². The van der Waals surface area contributed by atoms with Crippen LogP contribution in [-0.4, -0.2) is 18.5 Å². The first-order chi connectivity index (χ1) is 9.57. The van der Waals surface area contributed by atoms with Crippen LogP contribution in [0.15, 0.2) is 23.5 Å². The van der Waals surface area contributed by atoms with E-state index in [9.17, 15) is 9.36 Å². The van der Waals surface area contributed by atoms with Gasteiger partial charge in [0.15, 0.2) is 6.29 Å². The third-order valence-corrected chi connectivity index (χ3v) is 4.44. The van der Waals surface area contributed by atoms with Gasteiger partial charge in [-0.3, -0.25) is 13.8 Å². The highest BCUT2D eigenvalue weighted by Gasteiger charge is 2.34. The molecule has 1 aliphatic rings. The molecule has 0 heterocycles. The predicted octanol–water partition coefficient (Wildman–Crippen LogP) is 4.40. The molecule has 0 atom stereocenters. The Hall–Kier alpha value is -0.900. The summed E-state index contributed by atoms with van der Waals surface area (Å²) >= 11 is 0. The molecular formula is C15H25O5P. The SMILES string of the molecule is CC(C)OP(=O)(OC1=CCC(C)(C)C=C1C=O)OC(C)C. The van der Waals surface area contributed by atoms with E-state index in [0.29, 0.717) is 18.3 Å². The highest BCUT2D eigenvalue weighted by Crippen LogP contribution is 2.54. The number of hydrogen-bond acceptors (Lipinski definition) is 5. The molecular weight excluding hydrogens is 291 g/mol. The van der Waals surface area contributed by atoms with Crippen LogP contribution in [0.25, 0.3) is 0 Å². The van der Waals surface area contributed by atoms with E-state index in [2.05, 4.69) is 0 Å². The van der Waals surface area contributed by atoms with Gasteiger partial charge in [-0.15, -0.1) is 0 Å². The topological polar surface area (TPSA) is 61.8 Å². The molecule has 6 heteroatoms. The number of carbonyl (C=O) groups is 1. The molecule has 0 N–H and O–H groups in total. The number of phosphoric acid groups is 1. The van der Waals surface area contributed by atoms with Crippen molar-refractivity contribution in [3.63, 3.8) is 0 Å². The van der Waals surface area contributed by atoms with Crippen molar-refractivity contribution in [2.24, 2.45) is 5.41 Å². The van der Waals surface area contributed by atoms with Gasteiger partial charge in [-0.1, -0.05) is 19.9 Å². The van der Waals surface area contributed by atoms with Crippen LogP contribution in [0.3, 0.4) is 0 Å². The number of carbonyl (C=O) groups excluding carboxylic acids is 1. The lowest BCUT2D eigenvalue weighted by Crippen LogP contribution is -2.16. The Bertz CT molecular complexity index is 474. The Morgan fingerprint density at radius 1 is 1.19 bits per heavy atom. The van der Waals surface area contributed by atoms with Gasteiger partial charge in [-0.25, -0.2) is 4.57 Å². The molecule has 0 aromatic carbocycles. The summed E-state index contributed by atoms with van der Waals surface area (Å²) in [6.45, 7) is 11.0. The summed E-state index contributed by atoms with van der Waals surface area (Å²) in [5, 5.41) is 0. The van der Waals surface area contributed by atoms with Crippen molar-refractivity contribution in [3.8, 4) is 0 Å². The molecule has 1 rings (SSSR count). The average molecular weight is 316 g/mol. The number of hydrogen-bond donors (Lipinski definition) is 0. The first-order valence-electron chi connectivity index (χ1n) is 7.12. The quantitative estimate of drug-likeness (QED) is 0.514. The molecule has 0 aromatic rings. The summed E-state index contributed by atoms with van der Waals surface area (Å²) in [6.07, 6.45) is 4.30. The minimum atomic E-state index is -3.76. The zero-order valence-electron chi connectivity index (χ0n) is 13.6. The molecule has 0 aliphatic heterocycles. The zero-order chi connectivity index (χ0) is 16.3. The van der Waals surface area contributed by atoms with E-state index in [-0.39, 0.29) is 23.4 Å². The van der Waals surface area contributed by atoms with Gasteiger partial charge < -0.3 is 4.52 Å². The highest BCUT2D eigenvalue weighted by atomic mass is 31.2. The Balaban J connectivity index is 2.99. The average Bonchev–Trinajstić information content (AvgIpc) is 2.28. The number of rotatable bonds is 7. The zero-order valence-corrected chi connectivity index (χ0v) is 14.5. The Kier molecular flexibility index (Phi) is 5.97. The second kappa shape index (κ2) is 6.91. The van der Waals surface area contributed by atoms with Crippen LogP contribution in [0.4, 0.5) is 0 Å². The lowest BCUT2D eigenvalue weighted by molar-refractivity contribution is -0.105. The summed E-state index contributed by atoms with van der Waals surface area (Å²) in [6, 6.07) is 0. The second-order valence-corrected chi connectivity index (χ2v) is 7.82. The lowest BCUT2D eigenvalue weighted by atomic mass is 9.83. The smallest absolute Gasteiger partial charge is 0.404 e. The summed E-state index contributed by atoms with van der Waals surface area (Å²) in [4.78, 5) is 11.2. The van der Waals surface area contributed by atoms with E-state index < -0.39 is 7.82 Å². The number of allylic oxidation sites excluding steroid dienone is 3. The minimum absolute atomic E-state index is 0.134. The summed E-state index contributed by atoms with van der Waals surface area (Å²) in [5.74, 6) is 0.258. The fraction of sp³-hybridized carbons (Fsp3) is 0.667. The van der Waals surface area contributed by atoms with Crippen LogP contribution in [0.5, 0.6) is 0 Å². The maximum atomic E-state index is 12.7. The monoisotopic (exact) mass is 316 g/mol. The fourth-order valence-electron chi connectivity index (χ4n) is 1.91. The molecule has 1 aliphatic carbocycles. The summed E-state index contributed by atoms with van der Waals surface area (Å²) in [7, 11) is -3.76. The van der Waals surface area contributed by atoms with Gasteiger partial charge in [0, 0.05) is 0 Å². The molecule has 5 nitrogen and oxygen atoms in total. The summed E-state index contributed by atoms with van der Waals surface area (Å²) < 4.78 is 28.8. The van der Waals surface area contributed by atoms with Crippen molar-refractivity contribution in [3.05, 3.63) is 23.5 Å². The Labute approximate surface area is 127 Å². The highest BCUT2D eigenvalue weighted by molar-refractivity contribution is 7.48. The van der Waals surface area contributed by atoms with Crippen LogP contribution < -0.4 is 0 Å². The molecule has 0 saturated carbocycles. The third-order valence-electron chi connectivity index (χ3n) is 2.66. The first-order valence-corrected chi connectivity index (χ1v) is 8.58. The van der Waals surface area contributed by atoms with Crippen LogP contribution in [0.2, 0.25) is 0 Å². The number of aldehydes is 1. The Morgan fingerprint density at radius 3 is 2.14 bits per heavy atom. The maximum absolute atomic E-state index is 12.7. The van der Waals surface area contributed by atoms with Crippen molar-refractivity contribution in [2.75, 3.05) is 0 Å². The van der Waals surface area contributed by atoms with Crippen molar-refractivity contribution in [1.29, 1.82) is 0 Å². The van der Waals surface area contributed by atoms with Crippen molar-refractivity contribution in [1.82, 2.24) is 0 Å². The van der Waals surface area contributed by atoms with Crippen molar-refractivity contribution in [2.45, 2.75) is 60.2 Å². The van der Waals surface area contributed by atoms with E-state index in [1.807, 2.05) is 19.9 Å². The summed E-state index contributed by atoms with van der Waals surface area (Å²) in [5.41, 5.74) is 0.233. The van der Waals surface area contributed by atoms with E-state index in [1.165, 1.54) is 0 Å². The molecule has 0 aromatic heterocycles. The minimum Gasteiger partial charge on any atom is -0.404 e. The second-order valence-electron chi connectivity index (χ2n) is 6.33. The van der Waals surface area contributed by atoms with Gasteiger partial charge in [0.1, 0.15) is 5.76 Å². The lowest BCUT2D eigenvalue weighted by Gasteiger charge is -2.28. The molecule has 0 radical (unpaired) electrons. The number of phosphoric ester groups is 1. The standard InChI is InChI=1S/C15H25O5P/c1-11(2)18-21(17,19-12(3)4)20-14-7-8-15(5,6)9-13(14)10-16/h7,9-12H,8H2,1-6H3. The maximum Gasteiger partial charge on any atom is 0.530 e. The van der Waals surface area contributed by atoms with E-state index >= 15 is 0 Å². The van der Waals surface area contributed by atoms with Crippen LogP contribution in [-0.2, 0) is 22.9 Å². The van der Waals surface area contributed by atoms with Crippen LogP contribution in [0, 0.1) is 5.41 Å².